The highest BCUT2D eigenvalue weighted by Gasteiger charge is 2.68. The van der Waals surface area contributed by atoms with Crippen LogP contribution >= 0.6 is 0 Å². The third-order valence-corrected chi connectivity index (χ3v) is 4.66. The molecule has 1 aliphatic rings. The Morgan fingerprint density at radius 2 is 1.83 bits per heavy atom. The zero-order valence-electron chi connectivity index (χ0n) is 15.2. The van der Waals surface area contributed by atoms with E-state index in [1.54, 1.807) is 0 Å². The molecule has 11 nitrogen and oxygen atoms in total. The molecule has 14 heteroatoms. The SMILES string of the molecule is Cn1c2c(c(=O)n(C)c1=O)C(NC(=O)c1cccc([N+](=O)[O-])c1)(C(F)(F)F)C(=O)N2. The van der Waals surface area contributed by atoms with Crippen molar-refractivity contribution in [1.82, 2.24) is 14.5 Å². The first-order valence-electron chi connectivity index (χ1n) is 8.08. The number of nitro groups is 1. The van der Waals surface area contributed by atoms with Crippen LogP contribution in [0.2, 0.25) is 0 Å². The molecule has 2 heterocycles. The Morgan fingerprint density at radius 1 is 1.20 bits per heavy atom. The molecule has 0 aliphatic carbocycles. The fourth-order valence-corrected chi connectivity index (χ4v) is 3.11. The molecule has 0 radical (unpaired) electrons. The van der Waals surface area contributed by atoms with Crippen molar-refractivity contribution in [3.05, 3.63) is 66.3 Å². The van der Waals surface area contributed by atoms with Gasteiger partial charge in [0.05, 0.1) is 4.92 Å². The highest BCUT2D eigenvalue weighted by Crippen LogP contribution is 2.45. The van der Waals surface area contributed by atoms with E-state index in [1.165, 1.54) is 5.32 Å². The first-order valence-corrected chi connectivity index (χ1v) is 8.08. The minimum atomic E-state index is -5.50. The minimum Gasteiger partial charge on any atom is -0.326 e. The molecular weight excluding hydrogens is 415 g/mol. The maximum atomic E-state index is 14.2. The summed E-state index contributed by atoms with van der Waals surface area (Å²) in [5, 5.41) is 14.2. The number of hydrogen-bond donors (Lipinski definition) is 2. The van der Waals surface area contributed by atoms with Crippen LogP contribution in [0.3, 0.4) is 0 Å². The van der Waals surface area contributed by atoms with E-state index in [1.807, 2.05) is 5.32 Å². The molecule has 0 saturated heterocycles. The number of nitrogens with one attached hydrogen (secondary N) is 2. The topological polar surface area (TPSA) is 145 Å². The average molecular weight is 427 g/mol. The van der Waals surface area contributed by atoms with Gasteiger partial charge in [0.15, 0.2) is 0 Å². The summed E-state index contributed by atoms with van der Waals surface area (Å²) in [7, 11) is 1.95. The van der Waals surface area contributed by atoms with Crippen molar-refractivity contribution >= 4 is 23.3 Å². The predicted octanol–water partition coefficient (Wildman–Crippen LogP) is 0.132. The predicted molar refractivity (Wildman–Crippen MR) is 93.8 cm³/mol. The van der Waals surface area contributed by atoms with Crippen molar-refractivity contribution in [1.29, 1.82) is 0 Å². The number of non-ortho nitro benzene ring substituents is 1. The van der Waals surface area contributed by atoms with Crippen LogP contribution in [0.15, 0.2) is 33.9 Å². The lowest BCUT2D eigenvalue weighted by molar-refractivity contribution is -0.384. The highest BCUT2D eigenvalue weighted by molar-refractivity contribution is 6.09. The van der Waals surface area contributed by atoms with Crippen molar-refractivity contribution in [2.45, 2.75) is 11.7 Å². The van der Waals surface area contributed by atoms with Gasteiger partial charge in [-0.25, -0.2) is 4.79 Å². The van der Waals surface area contributed by atoms with Crippen LogP contribution in [0.4, 0.5) is 24.7 Å². The molecule has 30 heavy (non-hydrogen) atoms. The molecule has 1 unspecified atom stereocenters. The number of aromatic nitrogens is 2. The van der Waals surface area contributed by atoms with Gasteiger partial charge in [-0.15, -0.1) is 0 Å². The average Bonchev–Trinajstić information content (AvgIpc) is 2.98. The van der Waals surface area contributed by atoms with Gasteiger partial charge in [-0.3, -0.25) is 33.6 Å². The largest absolute Gasteiger partial charge is 0.425 e. The summed E-state index contributed by atoms with van der Waals surface area (Å²) in [6.07, 6.45) is -5.50. The maximum absolute atomic E-state index is 14.2. The lowest BCUT2D eigenvalue weighted by atomic mass is 9.91. The number of benzene rings is 1. The molecule has 2 aromatic rings. The zero-order valence-corrected chi connectivity index (χ0v) is 15.2. The van der Waals surface area contributed by atoms with Gasteiger partial charge in [-0.05, 0) is 6.07 Å². The summed E-state index contributed by atoms with van der Waals surface area (Å²) >= 11 is 0. The van der Waals surface area contributed by atoms with Crippen LogP contribution in [0.1, 0.15) is 15.9 Å². The quantitative estimate of drug-likeness (QED) is 0.526. The number of anilines is 1. The number of carbonyl (C=O) groups is 2. The second kappa shape index (κ2) is 6.53. The van der Waals surface area contributed by atoms with E-state index in [2.05, 4.69) is 0 Å². The van der Waals surface area contributed by atoms with Crippen LogP contribution in [-0.4, -0.2) is 32.0 Å². The molecule has 0 bridgehead atoms. The Kier molecular flexibility index (Phi) is 4.52. The van der Waals surface area contributed by atoms with E-state index >= 15 is 0 Å². The molecule has 158 valence electrons. The van der Waals surface area contributed by atoms with E-state index in [0.29, 0.717) is 15.2 Å². The summed E-state index contributed by atoms with van der Waals surface area (Å²) in [6, 6.07) is 3.79. The summed E-state index contributed by atoms with van der Waals surface area (Å²) in [5.74, 6) is -4.01. The van der Waals surface area contributed by atoms with Crippen LogP contribution < -0.4 is 21.9 Å². The molecule has 0 spiro atoms. The van der Waals surface area contributed by atoms with Gasteiger partial charge >= 0.3 is 11.9 Å². The Balaban J connectivity index is 2.25. The highest BCUT2D eigenvalue weighted by atomic mass is 19.4. The van der Waals surface area contributed by atoms with Crippen molar-refractivity contribution in [2.75, 3.05) is 5.32 Å². The van der Waals surface area contributed by atoms with Gasteiger partial charge in [-0.1, -0.05) is 6.07 Å². The molecule has 3 rings (SSSR count). The van der Waals surface area contributed by atoms with E-state index in [0.717, 1.165) is 32.3 Å². The normalized spacial score (nSPS) is 18.0. The van der Waals surface area contributed by atoms with Crippen molar-refractivity contribution in [2.24, 2.45) is 14.1 Å². The fraction of sp³-hybridized carbons (Fsp3) is 0.250. The third kappa shape index (κ3) is 2.75. The standard InChI is InChI=1S/C16H12F3N5O6/c1-22-10-9(12(26)23(2)14(22)28)15(13(27)20-10,16(17,18)19)21-11(25)7-4-3-5-8(6-7)24(29)30/h3-6H,1-2H3,(H,20,27)(H,21,25). The van der Waals surface area contributed by atoms with Gasteiger partial charge in [0, 0.05) is 31.8 Å². The molecule has 1 atom stereocenters. The molecule has 2 amide bonds. The number of nitro benzene ring substituents is 1. The molecule has 1 aliphatic heterocycles. The summed E-state index contributed by atoms with van der Waals surface area (Å²) < 4.78 is 43.4. The van der Waals surface area contributed by atoms with E-state index in [9.17, 15) is 42.5 Å². The van der Waals surface area contributed by atoms with Crippen LogP contribution in [0.25, 0.3) is 0 Å². The Morgan fingerprint density at radius 3 is 2.40 bits per heavy atom. The maximum Gasteiger partial charge on any atom is 0.425 e. The number of carbonyl (C=O) groups excluding carboxylic acids is 2. The lowest BCUT2D eigenvalue weighted by Gasteiger charge is -2.30. The lowest BCUT2D eigenvalue weighted by Crippen LogP contribution is -2.62. The Labute approximate surface area is 163 Å². The molecule has 0 fully saturated rings. The monoisotopic (exact) mass is 427 g/mol. The number of fused-ring (bicyclic) bond motifs is 1. The third-order valence-electron chi connectivity index (χ3n) is 4.66. The number of halogens is 3. The molecule has 1 aromatic heterocycles. The van der Waals surface area contributed by atoms with Crippen LogP contribution in [-0.2, 0) is 24.4 Å². The molecule has 2 N–H and O–H groups in total. The van der Waals surface area contributed by atoms with Crippen molar-refractivity contribution in [3.63, 3.8) is 0 Å². The number of hydrogen-bond acceptors (Lipinski definition) is 6. The van der Waals surface area contributed by atoms with Crippen LogP contribution in [0, 0.1) is 10.1 Å². The first kappa shape index (κ1) is 20.8. The van der Waals surface area contributed by atoms with Crippen LogP contribution in [0.5, 0.6) is 0 Å². The Hall–Kier alpha value is -3.97. The fourth-order valence-electron chi connectivity index (χ4n) is 3.11. The van der Waals surface area contributed by atoms with Crippen molar-refractivity contribution < 1.29 is 27.7 Å². The summed E-state index contributed by atoms with van der Waals surface area (Å²) in [4.78, 5) is 59.5. The molecule has 0 saturated carbocycles. The summed E-state index contributed by atoms with van der Waals surface area (Å²) in [6.45, 7) is 0. The van der Waals surface area contributed by atoms with E-state index in [-0.39, 0.29) is 0 Å². The zero-order chi connectivity index (χ0) is 22.6. The number of rotatable bonds is 3. The van der Waals surface area contributed by atoms with Gasteiger partial charge in [-0.2, -0.15) is 13.2 Å². The summed E-state index contributed by atoms with van der Waals surface area (Å²) in [5.41, 5.74) is -8.56. The van der Waals surface area contributed by atoms with Gasteiger partial charge in [0.2, 0.25) is 0 Å². The number of alkyl halides is 3. The smallest absolute Gasteiger partial charge is 0.326 e. The van der Waals surface area contributed by atoms with Gasteiger partial charge in [0.25, 0.3) is 28.6 Å². The minimum absolute atomic E-state index is 0.360. The second-order valence-electron chi connectivity index (χ2n) is 6.39. The second-order valence-corrected chi connectivity index (χ2v) is 6.39. The Bertz CT molecular complexity index is 1230. The first-order chi connectivity index (χ1) is 13.8. The number of amides is 2. The van der Waals surface area contributed by atoms with E-state index in [4.69, 9.17) is 0 Å². The van der Waals surface area contributed by atoms with Gasteiger partial charge in [0.1, 0.15) is 11.4 Å². The van der Waals surface area contributed by atoms with Crippen molar-refractivity contribution in [3.8, 4) is 0 Å². The van der Waals surface area contributed by atoms with Gasteiger partial charge < -0.3 is 10.6 Å². The number of nitrogens with zero attached hydrogens (tertiary/aromatic N) is 3. The molecule has 1 aromatic carbocycles. The van der Waals surface area contributed by atoms with E-state index < -0.39 is 62.3 Å². The molecular formula is C16H12F3N5O6.